The van der Waals surface area contributed by atoms with Crippen molar-refractivity contribution in [1.82, 2.24) is 5.32 Å². The number of hydrogen-bond donors (Lipinski definition) is 2. The van der Waals surface area contributed by atoms with Crippen LogP contribution in [0.25, 0.3) is 0 Å². The molecule has 0 spiro atoms. The van der Waals surface area contributed by atoms with Crippen LogP contribution in [0.4, 0.5) is 0 Å². The largest absolute Gasteiger partial charge is 0.459 e. The SMILES string of the molecule is N#C/C(N)=C(\C#N)N[C@@H]1O[C@H](COC(=O)c2ccccc2)[C@@H](OC(=O)c2ccccc2)[C@H]1OC(=O)c1ccccc1. The van der Waals surface area contributed by atoms with Crippen molar-refractivity contribution < 1.29 is 33.3 Å². The molecule has 3 N–H and O–H groups in total. The van der Waals surface area contributed by atoms with E-state index in [1.165, 1.54) is 24.3 Å². The Bertz CT molecular complexity index is 1500. The molecule has 206 valence electrons. The van der Waals surface area contributed by atoms with Crippen LogP contribution in [0, 0.1) is 22.7 Å². The molecule has 4 atom stereocenters. The Morgan fingerprint density at radius 2 is 1.20 bits per heavy atom. The van der Waals surface area contributed by atoms with E-state index in [4.69, 9.17) is 24.7 Å². The molecule has 11 heteroatoms. The zero-order valence-corrected chi connectivity index (χ0v) is 21.5. The topological polar surface area (TPSA) is 174 Å². The molecule has 0 bridgehead atoms. The number of nitrogens with zero attached hydrogens (tertiary/aromatic N) is 2. The number of hydrogen-bond acceptors (Lipinski definition) is 11. The van der Waals surface area contributed by atoms with E-state index in [2.05, 4.69) is 5.32 Å². The highest BCUT2D eigenvalue weighted by atomic mass is 16.7. The number of carbonyl (C=O) groups is 3. The minimum absolute atomic E-state index is 0.200. The van der Waals surface area contributed by atoms with Crippen molar-refractivity contribution in [2.45, 2.75) is 24.5 Å². The normalized spacial score (nSPS) is 20.0. The summed E-state index contributed by atoms with van der Waals surface area (Å²) in [5.74, 6) is -2.19. The molecule has 1 heterocycles. The molecule has 3 aromatic carbocycles. The molecule has 11 nitrogen and oxygen atoms in total. The van der Waals surface area contributed by atoms with Crippen LogP contribution in [0.2, 0.25) is 0 Å². The van der Waals surface area contributed by atoms with E-state index in [1.54, 1.807) is 78.9 Å². The molecule has 0 aromatic heterocycles. The second kappa shape index (κ2) is 13.4. The molecule has 1 aliphatic heterocycles. The summed E-state index contributed by atoms with van der Waals surface area (Å²) < 4.78 is 22.9. The van der Waals surface area contributed by atoms with Crippen LogP contribution in [0.3, 0.4) is 0 Å². The Morgan fingerprint density at radius 1 is 0.732 bits per heavy atom. The first-order chi connectivity index (χ1) is 19.9. The van der Waals surface area contributed by atoms with Gasteiger partial charge >= 0.3 is 17.9 Å². The van der Waals surface area contributed by atoms with Crippen LogP contribution in [0.5, 0.6) is 0 Å². The van der Waals surface area contributed by atoms with Crippen molar-refractivity contribution in [2.75, 3.05) is 6.61 Å². The number of nitrogens with one attached hydrogen (secondary N) is 1. The van der Waals surface area contributed by atoms with E-state index in [1.807, 2.05) is 0 Å². The third-order valence-corrected chi connectivity index (χ3v) is 5.99. The Morgan fingerprint density at radius 3 is 1.66 bits per heavy atom. The summed E-state index contributed by atoms with van der Waals surface area (Å²) in [6.45, 7) is -0.405. The van der Waals surface area contributed by atoms with Gasteiger partial charge in [-0.1, -0.05) is 54.6 Å². The molecule has 0 amide bonds. The van der Waals surface area contributed by atoms with Gasteiger partial charge in [0.25, 0.3) is 0 Å². The minimum Gasteiger partial charge on any atom is -0.459 e. The van der Waals surface area contributed by atoms with E-state index in [9.17, 15) is 24.9 Å². The standard InChI is InChI=1S/C30H24N4O7/c31-16-22(33)23(17-32)34-27-26(41-30(37)21-14-8-3-9-15-21)25(40-29(36)20-12-6-2-7-13-20)24(39-27)18-38-28(35)19-10-4-1-5-11-19/h1-15,24-27,34H,18,33H2/b23-22-/t24-,25-,26-,27-/m1/s1. The summed E-state index contributed by atoms with van der Waals surface area (Å²) in [6, 6.07) is 27.8. The van der Waals surface area contributed by atoms with Gasteiger partial charge in [-0.3, -0.25) is 0 Å². The van der Waals surface area contributed by atoms with Crippen LogP contribution < -0.4 is 11.1 Å². The summed E-state index contributed by atoms with van der Waals surface area (Å²) in [5, 5.41) is 21.4. The summed E-state index contributed by atoms with van der Waals surface area (Å²) in [4.78, 5) is 38.8. The molecule has 0 aliphatic carbocycles. The highest BCUT2D eigenvalue weighted by Crippen LogP contribution is 2.29. The van der Waals surface area contributed by atoms with E-state index in [0.717, 1.165) is 0 Å². The van der Waals surface area contributed by atoms with E-state index in [-0.39, 0.29) is 22.4 Å². The molecule has 4 rings (SSSR count). The summed E-state index contributed by atoms with van der Waals surface area (Å²) >= 11 is 0. The van der Waals surface area contributed by atoms with Crippen molar-refractivity contribution >= 4 is 17.9 Å². The zero-order chi connectivity index (χ0) is 29.2. The van der Waals surface area contributed by atoms with Crippen molar-refractivity contribution in [3.8, 4) is 12.1 Å². The Kier molecular flexibility index (Phi) is 9.28. The maximum absolute atomic E-state index is 13.1. The first kappa shape index (κ1) is 28.4. The molecular weight excluding hydrogens is 528 g/mol. The minimum atomic E-state index is -1.36. The van der Waals surface area contributed by atoms with E-state index < -0.39 is 54.8 Å². The number of nitriles is 2. The zero-order valence-electron chi connectivity index (χ0n) is 21.5. The Hall–Kier alpha value is -5.65. The first-order valence-corrected chi connectivity index (χ1v) is 12.4. The highest BCUT2D eigenvalue weighted by Gasteiger charge is 2.51. The van der Waals surface area contributed by atoms with Gasteiger partial charge in [0.1, 0.15) is 36.2 Å². The molecular formula is C30H24N4O7. The van der Waals surface area contributed by atoms with Gasteiger partial charge in [-0.05, 0) is 36.4 Å². The predicted molar refractivity (Wildman–Crippen MR) is 142 cm³/mol. The van der Waals surface area contributed by atoms with Gasteiger partial charge in [0.15, 0.2) is 18.4 Å². The van der Waals surface area contributed by atoms with E-state index in [0.29, 0.717) is 0 Å². The van der Waals surface area contributed by atoms with E-state index >= 15 is 0 Å². The molecule has 0 radical (unpaired) electrons. The lowest BCUT2D eigenvalue weighted by molar-refractivity contribution is -0.0463. The van der Waals surface area contributed by atoms with Crippen molar-refractivity contribution in [3.05, 3.63) is 119 Å². The summed E-state index contributed by atoms with van der Waals surface area (Å²) in [6.07, 6.45) is -5.13. The number of nitrogens with two attached hydrogens (primary N) is 1. The number of rotatable bonds is 9. The average molecular weight is 553 g/mol. The maximum atomic E-state index is 13.1. The molecule has 1 fully saturated rings. The fourth-order valence-corrected chi connectivity index (χ4v) is 3.96. The summed E-state index contributed by atoms with van der Waals surface area (Å²) in [5.41, 5.74) is 5.54. The van der Waals surface area contributed by atoms with Gasteiger partial charge in [-0.25, -0.2) is 14.4 Å². The fraction of sp³-hybridized carbons (Fsp3) is 0.167. The lowest BCUT2D eigenvalue weighted by Gasteiger charge is -2.25. The molecule has 0 saturated carbocycles. The van der Waals surface area contributed by atoms with Crippen LogP contribution in [0.1, 0.15) is 31.1 Å². The number of esters is 3. The molecule has 1 aliphatic rings. The van der Waals surface area contributed by atoms with Gasteiger partial charge in [0.2, 0.25) is 0 Å². The smallest absolute Gasteiger partial charge is 0.338 e. The summed E-state index contributed by atoms with van der Waals surface area (Å²) in [7, 11) is 0. The predicted octanol–water partition coefficient (Wildman–Crippen LogP) is 2.83. The van der Waals surface area contributed by atoms with Crippen molar-refractivity contribution in [1.29, 1.82) is 10.5 Å². The van der Waals surface area contributed by atoms with Crippen LogP contribution >= 0.6 is 0 Å². The average Bonchev–Trinajstić information content (AvgIpc) is 3.34. The Labute approximate surface area is 235 Å². The number of carbonyl (C=O) groups excluding carboxylic acids is 3. The first-order valence-electron chi connectivity index (χ1n) is 12.4. The molecule has 41 heavy (non-hydrogen) atoms. The van der Waals surface area contributed by atoms with Crippen molar-refractivity contribution in [2.24, 2.45) is 5.73 Å². The van der Waals surface area contributed by atoms with Crippen LogP contribution in [0.15, 0.2) is 102 Å². The van der Waals surface area contributed by atoms with Crippen molar-refractivity contribution in [3.63, 3.8) is 0 Å². The monoisotopic (exact) mass is 552 g/mol. The van der Waals surface area contributed by atoms with Gasteiger partial charge in [0, 0.05) is 0 Å². The molecule has 1 saturated heterocycles. The van der Waals surface area contributed by atoms with Crippen LogP contribution in [-0.2, 0) is 18.9 Å². The maximum Gasteiger partial charge on any atom is 0.338 e. The number of allylic oxidation sites excluding steroid dienone is 2. The third kappa shape index (κ3) is 7.06. The molecule has 3 aromatic rings. The second-order valence-corrected chi connectivity index (χ2v) is 8.69. The number of benzene rings is 3. The highest BCUT2D eigenvalue weighted by molar-refractivity contribution is 5.91. The third-order valence-electron chi connectivity index (χ3n) is 5.99. The van der Waals surface area contributed by atoms with Gasteiger partial charge in [-0.2, -0.15) is 10.5 Å². The molecule has 0 unspecified atom stereocenters. The quantitative estimate of drug-likeness (QED) is 0.227. The lowest BCUT2D eigenvalue weighted by Crippen LogP contribution is -2.46. The Balaban J connectivity index is 1.66. The number of ether oxygens (including phenoxy) is 4. The fourth-order valence-electron chi connectivity index (χ4n) is 3.96. The van der Waals surface area contributed by atoms with Gasteiger partial charge < -0.3 is 30.0 Å². The van der Waals surface area contributed by atoms with Crippen LogP contribution in [-0.4, -0.2) is 49.1 Å². The second-order valence-electron chi connectivity index (χ2n) is 8.69. The van der Waals surface area contributed by atoms with Gasteiger partial charge in [-0.15, -0.1) is 0 Å². The lowest BCUT2D eigenvalue weighted by atomic mass is 10.1. The van der Waals surface area contributed by atoms with Gasteiger partial charge in [0.05, 0.1) is 16.7 Å².